The Bertz CT molecular complexity index is 1080. The Balaban J connectivity index is 1.34. The van der Waals surface area contributed by atoms with Crippen molar-refractivity contribution in [3.05, 3.63) is 65.1 Å². The first kappa shape index (κ1) is 26.0. The number of nitrogens with one attached hydrogen (secondary N) is 3. The molecule has 4 rings (SSSR count). The lowest BCUT2D eigenvalue weighted by molar-refractivity contribution is -0.137. The number of rotatable bonds is 9. The van der Waals surface area contributed by atoms with Gasteiger partial charge in [0.1, 0.15) is 5.82 Å². The number of anilines is 2. The van der Waals surface area contributed by atoms with Crippen molar-refractivity contribution in [1.29, 1.82) is 5.41 Å². The van der Waals surface area contributed by atoms with Crippen LogP contribution in [0.5, 0.6) is 0 Å². The highest BCUT2D eigenvalue weighted by atomic mass is 35.5. The van der Waals surface area contributed by atoms with Crippen LogP contribution in [0.25, 0.3) is 0 Å². The van der Waals surface area contributed by atoms with Crippen molar-refractivity contribution in [2.75, 3.05) is 56.0 Å². The number of hydrogen-bond donors (Lipinski definition) is 3. The number of likely N-dealkylation sites (N-methyl/N-ethyl adjacent to an activating group) is 1. The third-order valence-electron chi connectivity index (χ3n) is 7.12. The summed E-state index contributed by atoms with van der Waals surface area (Å²) in [6.45, 7) is 12.9. The molecule has 2 fully saturated rings. The van der Waals surface area contributed by atoms with E-state index in [-0.39, 0.29) is 5.92 Å². The number of carbonyl (C=O) groups excluding carboxylic acids is 1. The van der Waals surface area contributed by atoms with Crippen LogP contribution in [0.15, 0.2) is 48.9 Å². The molecule has 3 heterocycles. The van der Waals surface area contributed by atoms with Gasteiger partial charge in [0, 0.05) is 69.2 Å². The van der Waals surface area contributed by atoms with Gasteiger partial charge in [0.25, 0.3) is 0 Å². The van der Waals surface area contributed by atoms with Gasteiger partial charge in [-0.05, 0) is 37.1 Å². The summed E-state index contributed by atoms with van der Waals surface area (Å²) in [5.74, 6) is 1.73. The third kappa shape index (κ3) is 6.17. The van der Waals surface area contributed by atoms with Crippen molar-refractivity contribution in [3.8, 4) is 0 Å². The second kappa shape index (κ2) is 12.2. The molecule has 1 aromatic carbocycles. The molecule has 0 radical (unpaired) electrons. The van der Waals surface area contributed by atoms with Crippen LogP contribution in [0.2, 0.25) is 5.02 Å². The molecule has 0 spiro atoms. The number of piperidine rings is 1. The molecule has 2 aliphatic heterocycles. The first-order valence-corrected chi connectivity index (χ1v) is 13.1. The number of pyridine rings is 1. The molecule has 2 aromatic rings. The van der Waals surface area contributed by atoms with E-state index in [0.717, 1.165) is 75.7 Å². The van der Waals surface area contributed by atoms with Gasteiger partial charge < -0.3 is 30.7 Å². The molecule has 0 aliphatic carbocycles. The number of hydrogen-bond acceptors (Lipinski definition) is 7. The molecular weight excluding hydrogens is 474 g/mol. The molecule has 1 amide bonds. The monoisotopic (exact) mass is 509 g/mol. The second-order valence-corrected chi connectivity index (χ2v) is 9.72. The van der Waals surface area contributed by atoms with Crippen LogP contribution in [-0.4, -0.2) is 72.7 Å². The molecule has 0 atom stereocenters. The molecule has 2 aliphatic rings. The highest BCUT2D eigenvalue weighted by Gasteiger charge is 2.31. The van der Waals surface area contributed by atoms with Crippen molar-refractivity contribution < 1.29 is 4.79 Å². The summed E-state index contributed by atoms with van der Waals surface area (Å²) in [5.41, 5.74) is 2.45. The van der Waals surface area contributed by atoms with Gasteiger partial charge in [0.05, 0.1) is 17.1 Å². The third-order valence-corrected chi connectivity index (χ3v) is 7.49. The molecule has 0 saturated carbocycles. The largest absolute Gasteiger partial charge is 0.368 e. The van der Waals surface area contributed by atoms with Crippen molar-refractivity contribution >= 4 is 35.2 Å². The number of benzene rings is 1. The first-order chi connectivity index (χ1) is 17.5. The maximum absolute atomic E-state index is 13.1. The molecule has 8 nitrogen and oxygen atoms in total. The van der Waals surface area contributed by atoms with Gasteiger partial charge in [-0.1, -0.05) is 43.3 Å². The SMILES string of the molecule is C=C(NCc1ccccc1Cl)Nc1ccnc(N2CCC(C(=O)N3CCN(CC)CC3)CC2)c1C=N. The molecule has 36 heavy (non-hydrogen) atoms. The highest BCUT2D eigenvalue weighted by molar-refractivity contribution is 6.31. The topological polar surface area (TPSA) is 87.6 Å². The minimum absolute atomic E-state index is 0.0629. The normalized spacial score (nSPS) is 17.1. The Morgan fingerprint density at radius 3 is 2.56 bits per heavy atom. The predicted octanol–water partition coefficient (Wildman–Crippen LogP) is 3.79. The maximum atomic E-state index is 13.1. The second-order valence-electron chi connectivity index (χ2n) is 9.31. The minimum atomic E-state index is 0.0629. The molecule has 3 N–H and O–H groups in total. The van der Waals surface area contributed by atoms with Crippen molar-refractivity contribution in [3.63, 3.8) is 0 Å². The standard InChI is InChI=1S/C27H36ClN7O/c1-3-33-14-16-35(17-15-33)27(36)21-9-12-34(13-10-21)26-23(18-29)25(8-11-30-26)32-20(2)31-19-22-6-4-5-7-24(22)28/h4-8,11,18,21,29,31H,2-3,9-10,12-17,19H2,1H3,(H,30,32). The summed E-state index contributed by atoms with van der Waals surface area (Å²) in [4.78, 5) is 24.3. The Hall–Kier alpha value is -3.10. The molecule has 9 heteroatoms. The van der Waals surface area contributed by atoms with Crippen LogP contribution in [0.3, 0.4) is 0 Å². The minimum Gasteiger partial charge on any atom is -0.368 e. The van der Waals surface area contributed by atoms with Gasteiger partial charge in [-0.2, -0.15) is 0 Å². The summed E-state index contributed by atoms with van der Waals surface area (Å²) < 4.78 is 0. The Labute approximate surface area is 218 Å². The summed E-state index contributed by atoms with van der Waals surface area (Å²) in [7, 11) is 0. The van der Waals surface area contributed by atoms with Gasteiger partial charge in [0.2, 0.25) is 5.91 Å². The van der Waals surface area contributed by atoms with E-state index in [1.807, 2.05) is 35.2 Å². The number of piperazine rings is 1. The van der Waals surface area contributed by atoms with E-state index in [9.17, 15) is 4.79 Å². The van der Waals surface area contributed by atoms with E-state index >= 15 is 0 Å². The Kier molecular flexibility index (Phi) is 8.83. The van der Waals surface area contributed by atoms with E-state index in [1.165, 1.54) is 6.21 Å². The predicted molar refractivity (Wildman–Crippen MR) is 147 cm³/mol. The van der Waals surface area contributed by atoms with E-state index in [1.54, 1.807) is 6.20 Å². The average molecular weight is 510 g/mol. The van der Waals surface area contributed by atoms with Crippen molar-refractivity contribution in [2.45, 2.75) is 26.3 Å². The zero-order chi connectivity index (χ0) is 25.5. The fourth-order valence-electron chi connectivity index (χ4n) is 4.90. The summed E-state index contributed by atoms with van der Waals surface area (Å²) >= 11 is 6.25. The van der Waals surface area contributed by atoms with E-state index in [4.69, 9.17) is 17.0 Å². The Morgan fingerprint density at radius 2 is 1.89 bits per heavy atom. The summed E-state index contributed by atoms with van der Waals surface area (Å²) in [5, 5.41) is 15.3. The average Bonchev–Trinajstić information content (AvgIpc) is 2.92. The molecule has 2 saturated heterocycles. The van der Waals surface area contributed by atoms with Crippen LogP contribution >= 0.6 is 11.6 Å². The summed E-state index contributed by atoms with van der Waals surface area (Å²) in [6.07, 6.45) is 4.68. The van der Waals surface area contributed by atoms with Crippen LogP contribution in [0.1, 0.15) is 30.9 Å². The summed E-state index contributed by atoms with van der Waals surface area (Å²) in [6, 6.07) is 9.53. The van der Waals surface area contributed by atoms with Gasteiger partial charge in [-0.15, -0.1) is 0 Å². The zero-order valence-electron chi connectivity index (χ0n) is 21.0. The Morgan fingerprint density at radius 1 is 1.17 bits per heavy atom. The maximum Gasteiger partial charge on any atom is 0.225 e. The first-order valence-electron chi connectivity index (χ1n) is 12.7. The molecule has 0 unspecified atom stereocenters. The number of carbonyl (C=O) groups is 1. The van der Waals surface area contributed by atoms with Gasteiger partial charge in [0.15, 0.2) is 0 Å². The zero-order valence-corrected chi connectivity index (χ0v) is 21.7. The quantitative estimate of drug-likeness (QED) is 0.446. The fourth-order valence-corrected chi connectivity index (χ4v) is 5.10. The van der Waals surface area contributed by atoms with Crippen LogP contribution < -0.4 is 15.5 Å². The number of amides is 1. The van der Waals surface area contributed by atoms with Crippen molar-refractivity contribution in [2.24, 2.45) is 5.92 Å². The number of nitrogens with zero attached hydrogens (tertiary/aromatic N) is 4. The number of halogens is 1. The van der Waals surface area contributed by atoms with Gasteiger partial charge in [-0.3, -0.25) is 4.79 Å². The smallest absolute Gasteiger partial charge is 0.225 e. The lowest BCUT2D eigenvalue weighted by Crippen LogP contribution is -2.51. The van der Waals surface area contributed by atoms with E-state index in [0.29, 0.717) is 28.9 Å². The van der Waals surface area contributed by atoms with Crippen molar-refractivity contribution in [1.82, 2.24) is 20.1 Å². The van der Waals surface area contributed by atoms with E-state index in [2.05, 4.69) is 38.9 Å². The molecule has 0 bridgehead atoms. The molecular formula is C27H36ClN7O. The molecule has 192 valence electrons. The highest BCUT2D eigenvalue weighted by Crippen LogP contribution is 2.29. The lowest BCUT2D eigenvalue weighted by Gasteiger charge is -2.38. The van der Waals surface area contributed by atoms with Crippen LogP contribution in [0.4, 0.5) is 11.5 Å². The van der Waals surface area contributed by atoms with Gasteiger partial charge in [-0.25, -0.2) is 4.98 Å². The lowest BCUT2D eigenvalue weighted by atomic mass is 9.94. The molecule has 1 aromatic heterocycles. The van der Waals surface area contributed by atoms with E-state index < -0.39 is 0 Å². The number of aromatic nitrogens is 1. The van der Waals surface area contributed by atoms with Gasteiger partial charge >= 0.3 is 0 Å². The fraction of sp³-hybridized carbons (Fsp3) is 0.444. The van der Waals surface area contributed by atoms with Crippen LogP contribution in [-0.2, 0) is 11.3 Å². The van der Waals surface area contributed by atoms with Crippen LogP contribution in [0, 0.1) is 11.3 Å².